The van der Waals surface area contributed by atoms with Gasteiger partial charge in [0, 0.05) is 20.7 Å². The van der Waals surface area contributed by atoms with Crippen LogP contribution in [0.3, 0.4) is 0 Å². The quantitative estimate of drug-likeness (QED) is 0.785. The van der Waals surface area contributed by atoms with Gasteiger partial charge in [0.1, 0.15) is 5.76 Å². The molecule has 2 N–H and O–H groups in total. The first-order chi connectivity index (χ1) is 9.11. The summed E-state index contributed by atoms with van der Waals surface area (Å²) in [5.74, 6) is 0.952. The van der Waals surface area contributed by atoms with Crippen LogP contribution in [0.5, 0.6) is 0 Å². The van der Waals surface area contributed by atoms with E-state index in [1.54, 1.807) is 18.0 Å². The first-order valence-electron chi connectivity index (χ1n) is 6.33. The summed E-state index contributed by atoms with van der Waals surface area (Å²) < 4.78 is 6.45. The van der Waals surface area contributed by atoms with E-state index >= 15 is 0 Å². The molecule has 0 bridgehead atoms. The van der Waals surface area contributed by atoms with Crippen LogP contribution in [0.25, 0.3) is 0 Å². The van der Waals surface area contributed by atoms with E-state index in [4.69, 9.17) is 10.2 Å². The minimum atomic E-state index is 0.119. The Balaban J connectivity index is 2.29. The number of thioether (sulfide) groups is 1. The Hall–Kier alpha value is -0.710. The second kappa shape index (κ2) is 6.64. The smallest absolute Gasteiger partial charge is 0.114 e. The molecule has 2 unspecified atom stereocenters. The summed E-state index contributed by atoms with van der Waals surface area (Å²) in [5.41, 5.74) is 7.54. The Morgan fingerprint density at radius 3 is 2.74 bits per heavy atom. The highest BCUT2D eigenvalue weighted by Gasteiger charge is 2.21. The van der Waals surface area contributed by atoms with Gasteiger partial charge in [0.2, 0.25) is 0 Å². The molecule has 0 saturated carbocycles. The number of hydrogen-bond donors (Lipinski definition) is 1. The topological polar surface area (TPSA) is 39.2 Å². The molecule has 0 radical (unpaired) electrons. The summed E-state index contributed by atoms with van der Waals surface area (Å²) in [7, 11) is 0. The van der Waals surface area contributed by atoms with Gasteiger partial charge in [-0.25, -0.2) is 0 Å². The van der Waals surface area contributed by atoms with Crippen molar-refractivity contribution < 1.29 is 4.42 Å². The third kappa shape index (κ3) is 3.65. The minimum absolute atomic E-state index is 0.119. The molecular formula is C15H18BrNOS. The van der Waals surface area contributed by atoms with Crippen LogP contribution in [0.4, 0.5) is 0 Å². The van der Waals surface area contributed by atoms with Gasteiger partial charge in [-0.15, -0.1) is 11.8 Å². The highest BCUT2D eigenvalue weighted by Crippen LogP contribution is 2.40. The lowest BCUT2D eigenvalue weighted by atomic mass is 10.0. The summed E-state index contributed by atoms with van der Waals surface area (Å²) in [4.78, 5) is 1.16. The van der Waals surface area contributed by atoms with Crippen molar-refractivity contribution in [3.63, 3.8) is 0 Å². The Labute approximate surface area is 126 Å². The van der Waals surface area contributed by atoms with Gasteiger partial charge in [-0.05, 0) is 37.1 Å². The van der Waals surface area contributed by atoms with E-state index in [2.05, 4.69) is 41.1 Å². The Bertz CT molecular complexity index is 540. The van der Waals surface area contributed by atoms with Gasteiger partial charge in [-0.1, -0.05) is 35.0 Å². The average molecular weight is 340 g/mol. The molecule has 2 aromatic rings. The first-order valence-corrected chi connectivity index (χ1v) is 8.01. The maximum absolute atomic E-state index is 6.30. The molecular weight excluding hydrogens is 322 g/mol. The fourth-order valence-corrected chi connectivity index (χ4v) is 3.62. The molecule has 19 heavy (non-hydrogen) atoms. The number of rotatable bonds is 5. The highest BCUT2D eigenvalue weighted by molar-refractivity contribution is 9.10. The SMILES string of the molecule is CCC(N)C(Sc1ccoc1C)c1cccc(Br)c1. The third-order valence-corrected chi connectivity index (χ3v) is 5.15. The van der Waals surface area contributed by atoms with Crippen molar-refractivity contribution >= 4 is 27.7 Å². The third-order valence-electron chi connectivity index (χ3n) is 3.10. The maximum Gasteiger partial charge on any atom is 0.114 e. The molecule has 0 spiro atoms. The van der Waals surface area contributed by atoms with E-state index in [-0.39, 0.29) is 11.3 Å². The van der Waals surface area contributed by atoms with Gasteiger partial charge in [0.15, 0.2) is 0 Å². The van der Waals surface area contributed by atoms with Crippen molar-refractivity contribution in [3.8, 4) is 0 Å². The van der Waals surface area contributed by atoms with Crippen molar-refractivity contribution in [1.82, 2.24) is 0 Å². The standard InChI is InChI=1S/C15H18BrNOS/c1-3-13(17)15(11-5-4-6-12(16)9-11)19-14-7-8-18-10(14)2/h4-9,13,15H,3,17H2,1-2H3. The van der Waals surface area contributed by atoms with Crippen LogP contribution in [0, 0.1) is 6.92 Å². The molecule has 0 aliphatic heterocycles. The molecule has 2 atom stereocenters. The van der Waals surface area contributed by atoms with E-state index < -0.39 is 0 Å². The predicted octanol–water partition coefficient (Wildman–Crippen LogP) is 4.92. The Morgan fingerprint density at radius 1 is 1.37 bits per heavy atom. The van der Waals surface area contributed by atoms with Gasteiger partial charge in [-0.3, -0.25) is 0 Å². The fraction of sp³-hybridized carbons (Fsp3) is 0.333. The van der Waals surface area contributed by atoms with Crippen LogP contribution in [-0.4, -0.2) is 6.04 Å². The van der Waals surface area contributed by atoms with Gasteiger partial charge < -0.3 is 10.2 Å². The van der Waals surface area contributed by atoms with E-state index in [0.717, 1.165) is 21.5 Å². The molecule has 1 heterocycles. The molecule has 0 amide bonds. The molecule has 0 fully saturated rings. The molecule has 0 saturated heterocycles. The number of furan rings is 1. The van der Waals surface area contributed by atoms with Crippen LogP contribution >= 0.6 is 27.7 Å². The largest absolute Gasteiger partial charge is 0.468 e. The molecule has 102 valence electrons. The molecule has 1 aromatic heterocycles. The average Bonchev–Trinajstić information content (AvgIpc) is 2.80. The first kappa shape index (κ1) is 14.7. The van der Waals surface area contributed by atoms with Crippen LogP contribution in [0.1, 0.15) is 29.9 Å². The second-order valence-electron chi connectivity index (χ2n) is 4.51. The van der Waals surface area contributed by atoms with Gasteiger partial charge in [-0.2, -0.15) is 0 Å². The van der Waals surface area contributed by atoms with Gasteiger partial charge in [0.25, 0.3) is 0 Å². The zero-order valence-electron chi connectivity index (χ0n) is 11.1. The molecule has 0 aliphatic carbocycles. The fourth-order valence-electron chi connectivity index (χ4n) is 1.93. The number of aryl methyl sites for hydroxylation is 1. The van der Waals surface area contributed by atoms with Crippen molar-refractivity contribution in [1.29, 1.82) is 0 Å². The second-order valence-corrected chi connectivity index (χ2v) is 6.61. The number of benzene rings is 1. The molecule has 0 aliphatic rings. The summed E-state index contributed by atoms with van der Waals surface area (Å²) in [6, 6.07) is 10.5. The van der Waals surface area contributed by atoms with E-state index in [1.807, 2.05) is 19.1 Å². The van der Waals surface area contributed by atoms with Crippen molar-refractivity contribution in [2.24, 2.45) is 5.73 Å². The summed E-state index contributed by atoms with van der Waals surface area (Å²) >= 11 is 5.30. The normalized spacial score (nSPS) is 14.3. The highest BCUT2D eigenvalue weighted by atomic mass is 79.9. The van der Waals surface area contributed by atoms with Crippen LogP contribution in [0.15, 0.2) is 50.4 Å². The minimum Gasteiger partial charge on any atom is -0.468 e. The lowest BCUT2D eigenvalue weighted by Crippen LogP contribution is -2.25. The lowest BCUT2D eigenvalue weighted by molar-refractivity contribution is 0.526. The van der Waals surface area contributed by atoms with Crippen LogP contribution in [0.2, 0.25) is 0 Å². The van der Waals surface area contributed by atoms with Gasteiger partial charge in [0.05, 0.1) is 6.26 Å². The summed E-state index contributed by atoms with van der Waals surface area (Å²) in [6.45, 7) is 4.11. The maximum atomic E-state index is 6.30. The lowest BCUT2D eigenvalue weighted by Gasteiger charge is -2.23. The monoisotopic (exact) mass is 339 g/mol. The summed E-state index contributed by atoms with van der Waals surface area (Å²) in [6.07, 6.45) is 2.67. The zero-order chi connectivity index (χ0) is 13.8. The van der Waals surface area contributed by atoms with Crippen LogP contribution < -0.4 is 5.73 Å². The Morgan fingerprint density at radius 2 is 2.16 bits per heavy atom. The molecule has 4 heteroatoms. The van der Waals surface area contributed by atoms with Crippen molar-refractivity contribution in [2.75, 3.05) is 0 Å². The number of halogens is 1. The molecule has 2 rings (SSSR count). The van der Waals surface area contributed by atoms with E-state index in [0.29, 0.717) is 0 Å². The molecule has 1 aromatic carbocycles. The Kier molecular flexibility index (Phi) is 5.13. The van der Waals surface area contributed by atoms with E-state index in [1.165, 1.54) is 5.56 Å². The molecule has 2 nitrogen and oxygen atoms in total. The van der Waals surface area contributed by atoms with Crippen molar-refractivity contribution in [2.45, 2.75) is 36.5 Å². The van der Waals surface area contributed by atoms with Gasteiger partial charge >= 0.3 is 0 Å². The predicted molar refractivity (Wildman–Crippen MR) is 84.5 cm³/mol. The zero-order valence-corrected chi connectivity index (χ0v) is 13.5. The van der Waals surface area contributed by atoms with Crippen molar-refractivity contribution in [3.05, 3.63) is 52.4 Å². The van der Waals surface area contributed by atoms with E-state index in [9.17, 15) is 0 Å². The summed E-state index contributed by atoms with van der Waals surface area (Å²) in [5, 5.41) is 0.235. The number of nitrogens with two attached hydrogens (primary N) is 1. The number of hydrogen-bond acceptors (Lipinski definition) is 3. The van der Waals surface area contributed by atoms with Crippen LogP contribution in [-0.2, 0) is 0 Å².